The lowest BCUT2D eigenvalue weighted by atomic mass is 9.76. The Balaban J connectivity index is 1.94. The quantitative estimate of drug-likeness (QED) is 0.490. The van der Waals surface area contributed by atoms with Crippen molar-refractivity contribution in [2.45, 2.75) is 23.7 Å². The monoisotopic (exact) mass is 392 g/mol. The standard InChI is InChI=1S/C20H24O8/c1-26-16-7-12(3-5-14(16)22)9-19(24)11-28-18(20(19,25)10-21)13-4-6-15(23)17(8-13)27-2/h3-8,18,21-25H,9-11H2,1-2H3/t18?,19-,20+/m1/s1. The highest BCUT2D eigenvalue weighted by Gasteiger charge is 2.60. The first-order chi connectivity index (χ1) is 13.3. The van der Waals surface area contributed by atoms with Crippen LogP contribution in [0.15, 0.2) is 36.4 Å². The number of rotatable bonds is 6. The van der Waals surface area contributed by atoms with Gasteiger partial charge in [-0.3, -0.25) is 0 Å². The molecule has 0 radical (unpaired) electrons. The molecule has 5 N–H and O–H groups in total. The van der Waals surface area contributed by atoms with Gasteiger partial charge in [-0.25, -0.2) is 0 Å². The number of aromatic hydroxyl groups is 2. The molecule has 0 saturated carbocycles. The van der Waals surface area contributed by atoms with E-state index in [1.165, 1.54) is 38.5 Å². The third-order valence-electron chi connectivity index (χ3n) is 5.22. The van der Waals surface area contributed by atoms with Gasteiger partial charge < -0.3 is 39.7 Å². The molecule has 1 saturated heterocycles. The fourth-order valence-corrected chi connectivity index (χ4v) is 3.56. The summed E-state index contributed by atoms with van der Waals surface area (Å²) in [5, 5.41) is 51.9. The lowest BCUT2D eigenvalue weighted by molar-refractivity contribution is -0.158. The summed E-state index contributed by atoms with van der Waals surface area (Å²) in [5.74, 6) is 0.281. The highest BCUT2D eigenvalue weighted by atomic mass is 16.5. The van der Waals surface area contributed by atoms with Gasteiger partial charge in [0.2, 0.25) is 0 Å². The van der Waals surface area contributed by atoms with Crippen molar-refractivity contribution in [1.82, 2.24) is 0 Å². The van der Waals surface area contributed by atoms with Crippen LogP contribution in [-0.4, -0.2) is 64.2 Å². The van der Waals surface area contributed by atoms with Gasteiger partial charge >= 0.3 is 0 Å². The maximum Gasteiger partial charge on any atom is 0.160 e. The highest BCUT2D eigenvalue weighted by molar-refractivity contribution is 5.45. The number of benzene rings is 2. The van der Waals surface area contributed by atoms with Crippen LogP contribution in [0.2, 0.25) is 0 Å². The van der Waals surface area contributed by atoms with E-state index in [-0.39, 0.29) is 36.0 Å². The molecular formula is C20H24O8. The number of hydrogen-bond donors (Lipinski definition) is 5. The second kappa shape index (κ2) is 7.48. The molecule has 0 aliphatic carbocycles. The number of aliphatic hydroxyl groups excluding tert-OH is 1. The maximum absolute atomic E-state index is 11.2. The Bertz CT molecular complexity index is 854. The average Bonchev–Trinajstić information content (AvgIpc) is 2.95. The van der Waals surface area contributed by atoms with Crippen molar-refractivity contribution in [3.05, 3.63) is 47.5 Å². The van der Waals surface area contributed by atoms with Crippen molar-refractivity contribution in [1.29, 1.82) is 0 Å². The molecule has 2 aromatic rings. The van der Waals surface area contributed by atoms with Crippen LogP contribution in [0.5, 0.6) is 23.0 Å². The Morgan fingerprint density at radius 3 is 2.21 bits per heavy atom. The van der Waals surface area contributed by atoms with Gasteiger partial charge in [-0.2, -0.15) is 0 Å². The van der Waals surface area contributed by atoms with E-state index in [0.717, 1.165) is 0 Å². The van der Waals surface area contributed by atoms with Gasteiger partial charge in [0.1, 0.15) is 17.3 Å². The molecule has 3 atom stereocenters. The number of hydrogen-bond acceptors (Lipinski definition) is 8. The first kappa shape index (κ1) is 20.2. The van der Waals surface area contributed by atoms with Crippen molar-refractivity contribution in [2.24, 2.45) is 0 Å². The summed E-state index contributed by atoms with van der Waals surface area (Å²) < 4.78 is 15.8. The number of methoxy groups -OCH3 is 2. The van der Waals surface area contributed by atoms with Crippen LogP contribution in [0, 0.1) is 0 Å². The molecule has 1 fully saturated rings. The van der Waals surface area contributed by atoms with Gasteiger partial charge in [0.25, 0.3) is 0 Å². The third-order valence-corrected chi connectivity index (χ3v) is 5.22. The van der Waals surface area contributed by atoms with Crippen LogP contribution >= 0.6 is 0 Å². The zero-order valence-corrected chi connectivity index (χ0v) is 15.6. The first-order valence-electron chi connectivity index (χ1n) is 8.68. The summed E-state index contributed by atoms with van der Waals surface area (Å²) in [4.78, 5) is 0. The van der Waals surface area contributed by atoms with Gasteiger partial charge in [-0.05, 0) is 35.4 Å². The zero-order valence-electron chi connectivity index (χ0n) is 15.6. The van der Waals surface area contributed by atoms with E-state index in [1.807, 2.05) is 0 Å². The largest absolute Gasteiger partial charge is 0.504 e. The number of ether oxygens (including phenoxy) is 3. The van der Waals surface area contributed by atoms with Crippen LogP contribution in [0.4, 0.5) is 0 Å². The van der Waals surface area contributed by atoms with Crippen molar-refractivity contribution in [3.8, 4) is 23.0 Å². The minimum atomic E-state index is -2.01. The Morgan fingerprint density at radius 2 is 1.61 bits per heavy atom. The summed E-state index contributed by atoms with van der Waals surface area (Å²) in [6.07, 6.45) is -1.09. The molecule has 2 aromatic carbocycles. The lowest BCUT2D eigenvalue weighted by Gasteiger charge is -2.38. The van der Waals surface area contributed by atoms with Crippen LogP contribution < -0.4 is 9.47 Å². The molecule has 0 bridgehead atoms. The molecule has 1 aliphatic rings. The van der Waals surface area contributed by atoms with Crippen molar-refractivity contribution in [3.63, 3.8) is 0 Å². The van der Waals surface area contributed by atoms with Gasteiger partial charge in [0, 0.05) is 6.42 Å². The molecule has 0 aromatic heterocycles. The second-order valence-corrected chi connectivity index (χ2v) is 6.92. The van der Waals surface area contributed by atoms with Crippen LogP contribution in [-0.2, 0) is 11.2 Å². The summed E-state index contributed by atoms with van der Waals surface area (Å²) >= 11 is 0. The molecule has 152 valence electrons. The Morgan fingerprint density at radius 1 is 1.00 bits per heavy atom. The van der Waals surface area contributed by atoms with Crippen LogP contribution in [0.25, 0.3) is 0 Å². The molecule has 8 nitrogen and oxygen atoms in total. The predicted molar refractivity (Wildman–Crippen MR) is 98.7 cm³/mol. The minimum Gasteiger partial charge on any atom is -0.504 e. The second-order valence-electron chi connectivity index (χ2n) is 6.92. The van der Waals surface area contributed by atoms with E-state index in [4.69, 9.17) is 14.2 Å². The Hall–Kier alpha value is -2.52. The van der Waals surface area contributed by atoms with Gasteiger partial charge in [0.15, 0.2) is 23.0 Å². The van der Waals surface area contributed by atoms with E-state index in [1.54, 1.807) is 12.1 Å². The lowest BCUT2D eigenvalue weighted by Crippen LogP contribution is -2.58. The molecule has 0 amide bonds. The fourth-order valence-electron chi connectivity index (χ4n) is 3.56. The minimum absolute atomic E-state index is 0.0487. The SMILES string of the molecule is COc1cc(C[C@@]2(O)COC(c3ccc(O)c(OC)c3)[C@@]2(O)CO)ccc1O. The average molecular weight is 392 g/mol. The molecule has 3 rings (SSSR count). The number of phenolic OH excluding ortho intramolecular Hbond substituents is 2. The first-order valence-corrected chi connectivity index (χ1v) is 8.68. The topological polar surface area (TPSA) is 129 Å². The molecule has 28 heavy (non-hydrogen) atoms. The normalized spacial score (nSPS) is 27.0. The summed E-state index contributed by atoms with van der Waals surface area (Å²) in [5.41, 5.74) is -2.80. The summed E-state index contributed by atoms with van der Waals surface area (Å²) in [6, 6.07) is 8.95. The molecular weight excluding hydrogens is 368 g/mol. The molecule has 1 heterocycles. The smallest absolute Gasteiger partial charge is 0.160 e. The highest BCUT2D eigenvalue weighted by Crippen LogP contribution is 2.47. The maximum atomic E-state index is 11.2. The molecule has 1 aliphatic heterocycles. The fraction of sp³-hybridized carbons (Fsp3) is 0.400. The molecule has 1 unspecified atom stereocenters. The zero-order chi connectivity index (χ0) is 20.5. The van der Waals surface area contributed by atoms with Crippen molar-refractivity contribution < 1.29 is 39.7 Å². The molecule has 0 spiro atoms. The van der Waals surface area contributed by atoms with Gasteiger partial charge in [0.05, 0.1) is 27.4 Å². The van der Waals surface area contributed by atoms with Gasteiger partial charge in [-0.1, -0.05) is 12.1 Å². The molecule has 8 heteroatoms. The Labute approximate surface area is 162 Å². The van der Waals surface area contributed by atoms with E-state index >= 15 is 0 Å². The summed E-state index contributed by atoms with van der Waals surface area (Å²) in [7, 11) is 2.80. The van der Waals surface area contributed by atoms with Crippen LogP contribution in [0.1, 0.15) is 17.2 Å². The number of aliphatic hydroxyl groups is 3. The van der Waals surface area contributed by atoms with E-state index < -0.39 is 23.9 Å². The van der Waals surface area contributed by atoms with Crippen molar-refractivity contribution >= 4 is 0 Å². The number of phenols is 2. The van der Waals surface area contributed by atoms with E-state index in [2.05, 4.69) is 0 Å². The Kier molecular flexibility index (Phi) is 5.40. The third kappa shape index (κ3) is 3.24. The predicted octanol–water partition coefficient (Wildman–Crippen LogP) is 0.883. The summed E-state index contributed by atoms with van der Waals surface area (Å²) in [6.45, 7) is -0.992. The van der Waals surface area contributed by atoms with Crippen LogP contribution in [0.3, 0.4) is 0 Å². The van der Waals surface area contributed by atoms with Crippen molar-refractivity contribution in [2.75, 3.05) is 27.4 Å². The van der Waals surface area contributed by atoms with E-state index in [9.17, 15) is 25.5 Å². The van der Waals surface area contributed by atoms with E-state index in [0.29, 0.717) is 11.1 Å². The van der Waals surface area contributed by atoms with Gasteiger partial charge in [-0.15, -0.1) is 0 Å².